The molecule has 0 spiro atoms. The molecule has 7 heteroatoms. The third-order valence-electron chi connectivity index (χ3n) is 4.33. The Bertz CT molecular complexity index is 473. The van der Waals surface area contributed by atoms with Crippen molar-refractivity contribution in [2.45, 2.75) is 45.7 Å². The van der Waals surface area contributed by atoms with Gasteiger partial charge >= 0.3 is 0 Å². The third kappa shape index (κ3) is 6.29. The average molecular weight is 434 g/mol. The van der Waals surface area contributed by atoms with Crippen LogP contribution in [0.25, 0.3) is 0 Å². The fraction of sp³-hybridized carbons (Fsp3) is 0.750. The van der Waals surface area contributed by atoms with Crippen LogP contribution in [0.3, 0.4) is 0 Å². The Kier molecular flexibility index (Phi) is 9.54. The minimum absolute atomic E-state index is 0. The van der Waals surface area contributed by atoms with E-state index in [1.807, 2.05) is 24.0 Å². The van der Waals surface area contributed by atoms with E-state index < -0.39 is 0 Å². The first kappa shape index (κ1) is 20.2. The van der Waals surface area contributed by atoms with Crippen LogP contribution in [0.4, 0.5) is 0 Å². The highest BCUT2D eigenvalue weighted by Crippen LogP contribution is 2.15. The topological polar surface area (TPSA) is 57.5 Å². The number of aromatic nitrogens is 2. The number of rotatable bonds is 6. The van der Waals surface area contributed by atoms with Gasteiger partial charge < -0.3 is 10.6 Å². The number of guanidine groups is 1. The average Bonchev–Trinajstić information content (AvgIpc) is 2.95. The van der Waals surface area contributed by atoms with Gasteiger partial charge in [0.1, 0.15) is 0 Å². The summed E-state index contributed by atoms with van der Waals surface area (Å²) in [6, 6.07) is 2.63. The van der Waals surface area contributed by atoms with E-state index in [2.05, 4.69) is 39.5 Å². The van der Waals surface area contributed by atoms with Crippen molar-refractivity contribution in [2.75, 3.05) is 26.2 Å². The van der Waals surface area contributed by atoms with Crippen LogP contribution in [0.2, 0.25) is 0 Å². The molecule has 2 heterocycles. The molecule has 1 aromatic heterocycles. The summed E-state index contributed by atoms with van der Waals surface area (Å²) >= 11 is 0. The van der Waals surface area contributed by atoms with Crippen molar-refractivity contribution in [2.24, 2.45) is 12.0 Å². The predicted octanol–water partition coefficient (Wildman–Crippen LogP) is 1.97. The molecule has 2 rings (SSSR count). The van der Waals surface area contributed by atoms with Crippen LogP contribution in [0.5, 0.6) is 0 Å². The molecule has 0 aromatic carbocycles. The van der Waals surface area contributed by atoms with Crippen molar-refractivity contribution in [3.8, 4) is 0 Å². The number of likely N-dealkylation sites (tertiary alicyclic amines) is 1. The van der Waals surface area contributed by atoms with E-state index in [1.54, 1.807) is 0 Å². The number of nitrogens with zero attached hydrogens (tertiary/aromatic N) is 4. The molecule has 6 nitrogen and oxygen atoms in total. The predicted molar refractivity (Wildman–Crippen MR) is 106 cm³/mol. The van der Waals surface area contributed by atoms with Gasteiger partial charge in [0.15, 0.2) is 5.96 Å². The summed E-state index contributed by atoms with van der Waals surface area (Å²) in [5.74, 6) is 0.894. The number of nitrogens with one attached hydrogen (secondary N) is 2. The molecule has 1 unspecified atom stereocenters. The third-order valence-corrected chi connectivity index (χ3v) is 4.33. The van der Waals surface area contributed by atoms with Crippen molar-refractivity contribution < 1.29 is 0 Å². The van der Waals surface area contributed by atoms with Gasteiger partial charge in [0, 0.05) is 32.4 Å². The molecular weight excluding hydrogens is 403 g/mol. The van der Waals surface area contributed by atoms with Crippen LogP contribution in [0.1, 0.15) is 38.8 Å². The number of hydrogen-bond acceptors (Lipinski definition) is 3. The number of aryl methyl sites for hydroxylation is 1. The number of halogens is 1. The highest BCUT2D eigenvalue weighted by molar-refractivity contribution is 14.0. The van der Waals surface area contributed by atoms with Crippen molar-refractivity contribution in [1.29, 1.82) is 0 Å². The van der Waals surface area contributed by atoms with Crippen LogP contribution in [-0.4, -0.2) is 52.9 Å². The monoisotopic (exact) mass is 434 g/mol. The van der Waals surface area contributed by atoms with Gasteiger partial charge in [-0.15, -0.1) is 24.0 Å². The van der Waals surface area contributed by atoms with Gasteiger partial charge in [0.2, 0.25) is 0 Å². The van der Waals surface area contributed by atoms with E-state index in [0.717, 1.165) is 31.3 Å². The lowest BCUT2D eigenvalue weighted by molar-refractivity contribution is 0.157. The summed E-state index contributed by atoms with van der Waals surface area (Å²) in [7, 11) is 1.95. The Labute approximate surface area is 157 Å². The van der Waals surface area contributed by atoms with Crippen molar-refractivity contribution in [3.05, 3.63) is 18.0 Å². The summed E-state index contributed by atoms with van der Waals surface area (Å²) in [6.07, 6.45) is 5.76. The molecule has 1 aromatic rings. The molecule has 1 aliphatic rings. The number of hydrogen-bond donors (Lipinski definition) is 2. The second-order valence-corrected chi connectivity index (χ2v) is 5.80. The second-order valence-electron chi connectivity index (χ2n) is 5.80. The maximum Gasteiger partial charge on any atom is 0.191 e. The summed E-state index contributed by atoms with van der Waals surface area (Å²) < 4.78 is 1.87. The molecule has 1 fully saturated rings. The number of likely N-dealkylation sites (N-methyl/N-ethyl adjacent to an activating group) is 1. The summed E-state index contributed by atoms with van der Waals surface area (Å²) in [5, 5.41) is 11.0. The van der Waals surface area contributed by atoms with E-state index >= 15 is 0 Å². The first-order chi connectivity index (χ1) is 10.7. The zero-order valence-corrected chi connectivity index (χ0v) is 16.9. The fourth-order valence-corrected chi connectivity index (χ4v) is 2.98. The highest BCUT2D eigenvalue weighted by Gasteiger charge is 2.20. The summed E-state index contributed by atoms with van der Waals surface area (Å²) in [5.41, 5.74) is 1.12. The highest BCUT2D eigenvalue weighted by atomic mass is 127. The molecular formula is C16H31IN6. The standard InChI is InChI=1S/C16H30N6.HI/c1-4-17-16(18-12-14-9-10-20-21(14)3)19-13-15-8-6-7-11-22(15)5-2;/h9-10,15H,4-8,11-13H2,1-3H3,(H2,17,18,19);1H. The molecule has 2 N–H and O–H groups in total. The number of piperidine rings is 1. The molecule has 0 saturated carbocycles. The molecule has 0 bridgehead atoms. The largest absolute Gasteiger partial charge is 0.357 e. The Balaban J connectivity index is 0.00000264. The van der Waals surface area contributed by atoms with E-state index in [0.29, 0.717) is 12.6 Å². The maximum absolute atomic E-state index is 4.67. The molecule has 23 heavy (non-hydrogen) atoms. The van der Waals surface area contributed by atoms with Crippen LogP contribution in [0, 0.1) is 0 Å². The van der Waals surface area contributed by atoms with Crippen molar-refractivity contribution in [3.63, 3.8) is 0 Å². The first-order valence-corrected chi connectivity index (χ1v) is 8.47. The zero-order valence-electron chi connectivity index (χ0n) is 14.6. The minimum atomic E-state index is 0. The van der Waals surface area contributed by atoms with Crippen LogP contribution >= 0.6 is 24.0 Å². The summed E-state index contributed by atoms with van der Waals surface area (Å²) in [4.78, 5) is 7.24. The van der Waals surface area contributed by atoms with Gasteiger partial charge in [0.25, 0.3) is 0 Å². The van der Waals surface area contributed by atoms with Gasteiger partial charge in [-0.25, -0.2) is 4.99 Å². The molecule has 132 valence electrons. The van der Waals surface area contributed by atoms with Gasteiger partial charge in [-0.3, -0.25) is 9.58 Å². The second kappa shape index (κ2) is 10.9. The fourth-order valence-electron chi connectivity index (χ4n) is 2.98. The molecule has 1 saturated heterocycles. The lowest BCUT2D eigenvalue weighted by Crippen LogP contribution is -2.49. The molecule has 0 amide bonds. The number of aliphatic imine (C=N–C) groups is 1. The quantitative estimate of drug-likeness (QED) is 0.409. The SMILES string of the molecule is CCNC(=NCc1ccnn1C)NCC1CCCCN1CC.I. The Morgan fingerprint density at radius 3 is 2.83 bits per heavy atom. The van der Waals surface area contributed by atoms with E-state index in [1.165, 1.54) is 25.8 Å². The Hall–Kier alpha value is -0.830. The first-order valence-electron chi connectivity index (χ1n) is 8.47. The Morgan fingerprint density at radius 1 is 1.35 bits per heavy atom. The van der Waals surface area contributed by atoms with Gasteiger partial charge in [-0.2, -0.15) is 5.10 Å². The van der Waals surface area contributed by atoms with Crippen LogP contribution in [-0.2, 0) is 13.6 Å². The van der Waals surface area contributed by atoms with Crippen LogP contribution < -0.4 is 10.6 Å². The Morgan fingerprint density at radius 2 is 2.17 bits per heavy atom. The molecule has 1 aliphatic heterocycles. The smallest absolute Gasteiger partial charge is 0.191 e. The minimum Gasteiger partial charge on any atom is -0.357 e. The van der Waals surface area contributed by atoms with E-state index in [4.69, 9.17) is 0 Å². The normalized spacial score (nSPS) is 19.3. The van der Waals surface area contributed by atoms with Crippen LogP contribution in [0.15, 0.2) is 17.3 Å². The maximum atomic E-state index is 4.67. The van der Waals surface area contributed by atoms with Gasteiger partial charge in [-0.05, 0) is 38.9 Å². The summed E-state index contributed by atoms with van der Waals surface area (Å²) in [6.45, 7) is 9.19. The van der Waals surface area contributed by atoms with E-state index in [9.17, 15) is 0 Å². The molecule has 0 aliphatic carbocycles. The van der Waals surface area contributed by atoms with Gasteiger partial charge in [0.05, 0.1) is 12.2 Å². The van der Waals surface area contributed by atoms with Gasteiger partial charge in [-0.1, -0.05) is 13.3 Å². The van der Waals surface area contributed by atoms with E-state index in [-0.39, 0.29) is 24.0 Å². The zero-order chi connectivity index (χ0) is 15.8. The lowest BCUT2D eigenvalue weighted by atomic mass is 10.0. The van der Waals surface area contributed by atoms with Crippen molar-refractivity contribution >= 4 is 29.9 Å². The lowest BCUT2D eigenvalue weighted by Gasteiger charge is -2.35. The molecule has 0 radical (unpaired) electrons. The molecule has 1 atom stereocenters. The van der Waals surface area contributed by atoms with Crippen molar-refractivity contribution in [1.82, 2.24) is 25.3 Å².